The molecule has 13 heteroatoms. The molecule has 1 atom stereocenters. The molecule has 0 bridgehead atoms. The highest BCUT2D eigenvalue weighted by atomic mass is 35.5. The third kappa shape index (κ3) is 6.12. The average Bonchev–Trinajstić information content (AvgIpc) is 3.64. The van der Waals surface area contributed by atoms with Crippen molar-refractivity contribution in [2.75, 3.05) is 35.0 Å². The second-order valence-corrected chi connectivity index (χ2v) is 12.3. The lowest BCUT2D eigenvalue weighted by atomic mass is 9.87. The number of hydrogen-bond acceptors (Lipinski definition) is 8. The molecule has 11 nitrogen and oxygen atoms in total. The Hall–Kier alpha value is -4.06. The number of hydrogen-bond donors (Lipinski definition) is 0. The molecule has 1 aliphatic rings. The van der Waals surface area contributed by atoms with Gasteiger partial charge in [0.25, 0.3) is 5.91 Å². The molecule has 0 spiro atoms. The Labute approximate surface area is 271 Å². The van der Waals surface area contributed by atoms with Gasteiger partial charge in [-0.05, 0) is 38.1 Å². The van der Waals surface area contributed by atoms with Gasteiger partial charge in [-0.1, -0.05) is 30.1 Å². The lowest BCUT2D eigenvalue weighted by molar-refractivity contribution is -0.141. The Balaban J connectivity index is 1.70. The molecule has 3 heterocycles. The van der Waals surface area contributed by atoms with Crippen LogP contribution in [0.2, 0.25) is 10.0 Å². The van der Waals surface area contributed by atoms with E-state index in [1.165, 1.54) is 11.8 Å². The van der Waals surface area contributed by atoms with E-state index >= 15 is 0 Å². The minimum Gasteiger partial charge on any atom is -0.496 e. The van der Waals surface area contributed by atoms with Crippen molar-refractivity contribution >= 4 is 35.1 Å². The Morgan fingerprint density at radius 2 is 1.80 bits per heavy atom. The fourth-order valence-electron chi connectivity index (χ4n) is 5.29. The fraction of sp³-hybridized carbons (Fsp3) is 0.375. The summed E-state index contributed by atoms with van der Waals surface area (Å²) in [6.45, 7) is 6.57. The summed E-state index contributed by atoms with van der Waals surface area (Å²) in [5.74, 6) is 0.424. The van der Waals surface area contributed by atoms with Gasteiger partial charge in [0.2, 0.25) is 0 Å². The third-order valence-electron chi connectivity index (χ3n) is 8.46. The van der Waals surface area contributed by atoms with Crippen LogP contribution in [0.1, 0.15) is 36.8 Å². The SMILES string of the molecule is COCC(C)C(C)(C)N(C)C(=O)c1nn(-c2cc(Cl)cc(Cl)c2)c2c1COc1cc(OC)c(-c3cnn(CC(=O)OC)c3)cc1-2. The normalized spacial score (nSPS) is 13.0. The van der Waals surface area contributed by atoms with Crippen LogP contribution >= 0.6 is 23.2 Å². The van der Waals surface area contributed by atoms with E-state index in [2.05, 4.69) is 5.10 Å². The van der Waals surface area contributed by atoms with Gasteiger partial charge < -0.3 is 23.8 Å². The van der Waals surface area contributed by atoms with Crippen LogP contribution < -0.4 is 9.47 Å². The number of amides is 1. The molecule has 0 N–H and O–H groups in total. The largest absolute Gasteiger partial charge is 0.496 e. The predicted octanol–water partition coefficient (Wildman–Crippen LogP) is 5.92. The molecular weight excluding hydrogens is 621 g/mol. The molecule has 45 heavy (non-hydrogen) atoms. The summed E-state index contributed by atoms with van der Waals surface area (Å²) in [5, 5.41) is 10.0. The van der Waals surface area contributed by atoms with Gasteiger partial charge in [0.1, 0.15) is 24.7 Å². The summed E-state index contributed by atoms with van der Waals surface area (Å²) < 4.78 is 25.3. The smallest absolute Gasteiger partial charge is 0.327 e. The minimum atomic E-state index is -0.554. The summed E-state index contributed by atoms with van der Waals surface area (Å²) in [6.07, 6.45) is 3.37. The monoisotopic (exact) mass is 655 g/mol. The van der Waals surface area contributed by atoms with Crippen LogP contribution in [-0.4, -0.2) is 76.9 Å². The van der Waals surface area contributed by atoms with Gasteiger partial charge in [0.05, 0.1) is 38.4 Å². The third-order valence-corrected chi connectivity index (χ3v) is 8.90. The zero-order chi connectivity index (χ0) is 32.6. The average molecular weight is 657 g/mol. The first-order valence-electron chi connectivity index (χ1n) is 14.2. The van der Waals surface area contributed by atoms with Crippen LogP contribution in [-0.2, 0) is 27.4 Å². The molecule has 238 valence electrons. The lowest BCUT2D eigenvalue weighted by Crippen LogP contribution is -2.51. The first-order chi connectivity index (χ1) is 21.4. The molecule has 2 aromatic carbocycles. The highest BCUT2D eigenvalue weighted by Gasteiger charge is 2.38. The molecule has 4 aromatic rings. The van der Waals surface area contributed by atoms with E-state index in [0.29, 0.717) is 61.8 Å². The van der Waals surface area contributed by atoms with Crippen molar-refractivity contribution in [2.45, 2.75) is 39.5 Å². The van der Waals surface area contributed by atoms with Gasteiger partial charge in [-0.15, -0.1) is 0 Å². The maximum absolute atomic E-state index is 14.2. The number of carbonyl (C=O) groups excluding carboxylic acids is 2. The number of methoxy groups -OCH3 is 3. The standard InChI is InChI=1S/C32H35Cl2N5O6/c1-18(16-42-5)32(2,3)37(4)31(41)29-25-17-45-27-12-26(43-6)23(19-13-35-38(14-19)15-28(40)44-7)11-24(27)30(25)39(36-29)22-9-20(33)8-21(34)10-22/h8-14,18H,15-17H2,1-7H3. The predicted molar refractivity (Wildman–Crippen MR) is 170 cm³/mol. The summed E-state index contributed by atoms with van der Waals surface area (Å²) in [4.78, 5) is 27.7. The summed E-state index contributed by atoms with van der Waals surface area (Å²) >= 11 is 12.9. The molecule has 5 rings (SSSR count). The molecular formula is C32H35Cl2N5O6. The second kappa shape index (κ2) is 12.7. The van der Waals surface area contributed by atoms with E-state index in [-0.39, 0.29) is 30.7 Å². The highest BCUT2D eigenvalue weighted by Crippen LogP contribution is 2.46. The molecule has 1 unspecified atom stereocenters. The maximum Gasteiger partial charge on any atom is 0.327 e. The highest BCUT2D eigenvalue weighted by molar-refractivity contribution is 6.34. The number of aromatic nitrogens is 4. The second-order valence-electron chi connectivity index (χ2n) is 11.4. The molecule has 1 amide bonds. The zero-order valence-corrected chi connectivity index (χ0v) is 27.7. The molecule has 0 radical (unpaired) electrons. The first-order valence-corrected chi connectivity index (χ1v) is 14.9. The van der Waals surface area contributed by atoms with Crippen molar-refractivity contribution in [2.24, 2.45) is 5.92 Å². The van der Waals surface area contributed by atoms with E-state index in [4.69, 9.17) is 47.2 Å². The Morgan fingerprint density at radius 1 is 1.09 bits per heavy atom. The minimum absolute atomic E-state index is 0.0354. The van der Waals surface area contributed by atoms with Crippen molar-refractivity contribution in [3.05, 3.63) is 64.0 Å². The molecule has 2 aromatic heterocycles. The number of benzene rings is 2. The van der Waals surface area contributed by atoms with Crippen LogP contribution in [0.4, 0.5) is 0 Å². The van der Waals surface area contributed by atoms with Gasteiger partial charge in [-0.25, -0.2) is 4.68 Å². The van der Waals surface area contributed by atoms with Crippen LogP contribution in [0.5, 0.6) is 11.5 Å². The van der Waals surface area contributed by atoms with Crippen molar-refractivity contribution in [3.8, 4) is 39.6 Å². The summed E-state index contributed by atoms with van der Waals surface area (Å²) in [7, 11) is 6.30. The lowest BCUT2D eigenvalue weighted by Gasteiger charge is -2.40. The van der Waals surface area contributed by atoms with Crippen LogP contribution in [0, 0.1) is 5.92 Å². The quantitative estimate of drug-likeness (QED) is 0.194. The van der Waals surface area contributed by atoms with Crippen molar-refractivity contribution in [3.63, 3.8) is 0 Å². The van der Waals surface area contributed by atoms with E-state index in [9.17, 15) is 9.59 Å². The fourth-order valence-corrected chi connectivity index (χ4v) is 5.80. The van der Waals surface area contributed by atoms with Gasteiger partial charge in [-0.2, -0.15) is 10.2 Å². The van der Waals surface area contributed by atoms with Crippen molar-refractivity contribution < 1.29 is 28.5 Å². The van der Waals surface area contributed by atoms with E-state index < -0.39 is 11.5 Å². The Morgan fingerprint density at radius 3 is 2.44 bits per heavy atom. The molecule has 0 aliphatic carbocycles. The Kier molecular flexibility index (Phi) is 9.16. The molecule has 0 saturated heterocycles. The van der Waals surface area contributed by atoms with Crippen molar-refractivity contribution in [1.82, 2.24) is 24.5 Å². The van der Waals surface area contributed by atoms with Gasteiger partial charge in [0, 0.05) is 70.2 Å². The van der Waals surface area contributed by atoms with Crippen LogP contribution in [0.15, 0.2) is 42.7 Å². The van der Waals surface area contributed by atoms with Gasteiger partial charge in [-0.3, -0.25) is 14.3 Å². The summed E-state index contributed by atoms with van der Waals surface area (Å²) in [6, 6.07) is 8.79. The maximum atomic E-state index is 14.2. The van der Waals surface area contributed by atoms with E-state index in [0.717, 1.165) is 0 Å². The molecule has 0 saturated carbocycles. The van der Waals surface area contributed by atoms with Gasteiger partial charge in [0.15, 0.2) is 5.69 Å². The van der Waals surface area contributed by atoms with Crippen molar-refractivity contribution in [1.29, 1.82) is 0 Å². The number of ether oxygens (including phenoxy) is 4. The number of nitrogens with zero attached hydrogens (tertiary/aromatic N) is 5. The summed E-state index contributed by atoms with van der Waals surface area (Å²) in [5.41, 5.74) is 3.60. The van der Waals surface area contributed by atoms with Crippen LogP contribution in [0.25, 0.3) is 28.1 Å². The Bertz CT molecular complexity index is 1740. The van der Waals surface area contributed by atoms with Crippen LogP contribution in [0.3, 0.4) is 0 Å². The van der Waals surface area contributed by atoms with E-state index in [1.54, 1.807) is 67.5 Å². The number of rotatable bonds is 10. The zero-order valence-electron chi connectivity index (χ0n) is 26.2. The number of halogens is 2. The molecule has 1 aliphatic heterocycles. The van der Waals surface area contributed by atoms with E-state index in [1.807, 2.05) is 26.8 Å². The molecule has 0 fully saturated rings. The number of carbonyl (C=O) groups is 2. The first kappa shape index (κ1) is 32.3. The number of esters is 1. The van der Waals surface area contributed by atoms with Gasteiger partial charge >= 0.3 is 5.97 Å². The number of fused-ring (bicyclic) bond motifs is 3. The topological polar surface area (TPSA) is 110 Å².